The molecule has 0 aliphatic heterocycles. The number of hydrogen-bond donors (Lipinski definition) is 2. The Kier molecular flexibility index (Phi) is 5.39. The monoisotopic (exact) mass is 292 g/mol. The lowest BCUT2D eigenvalue weighted by molar-refractivity contribution is 0.484. The van der Waals surface area contributed by atoms with Gasteiger partial charge in [0.15, 0.2) is 0 Å². The summed E-state index contributed by atoms with van der Waals surface area (Å²) in [5.74, 6) is -1.61. The summed E-state index contributed by atoms with van der Waals surface area (Å²) < 4.78 is 52.0. The summed E-state index contributed by atoms with van der Waals surface area (Å²) in [6.45, 7) is 3.94. The Hall–Kier alpha value is -1.05. The Morgan fingerprint density at radius 1 is 1.32 bits per heavy atom. The molecule has 0 saturated heterocycles. The summed E-state index contributed by atoms with van der Waals surface area (Å²) in [5, 5.41) is 0. The van der Waals surface area contributed by atoms with Gasteiger partial charge >= 0.3 is 0 Å². The van der Waals surface area contributed by atoms with Crippen molar-refractivity contribution in [3.63, 3.8) is 0 Å². The molecule has 0 aromatic heterocycles. The SMILES string of the molecule is CC(C)CC(N)CNS(=O)(=O)c1ccc(F)cc1F. The van der Waals surface area contributed by atoms with E-state index in [1.165, 1.54) is 0 Å². The zero-order chi connectivity index (χ0) is 14.6. The molecular formula is C12H18F2N2O2S. The van der Waals surface area contributed by atoms with Crippen LogP contribution in [-0.4, -0.2) is 21.0 Å². The molecular weight excluding hydrogens is 274 g/mol. The average Bonchev–Trinajstić information content (AvgIpc) is 2.25. The van der Waals surface area contributed by atoms with E-state index >= 15 is 0 Å². The van der Waals surface area contributed by atoms with Gasteiger partial charge in [-0.2, -0.15) is 0 Å². The van der Waals surface area contributed by atoms with Crippen molar-refractivity contribution in [2.75, 3.05) is 6.54 Å². The first-order valence-corrected chi connectivity index (χ1v) is 7.41. The highest BCUT2D eigenvalue weighted by atomic mass is 32.2. The van der Waals surface area contributed by atoms with Gasteiger partial charge < -0.3 is 5.73 Å². The molecule has 1 atom stereocenters. The van der Waals surface area contributed by atoms with Crippen LogP contribution >= 0.6 is 0 Å². The van der Waals surface area contributed by atoms with Crippen LogP contribution < -0.4 is 10.5 Å². The maximum absolute atomic E-state index is 13.4. The lowest BCUT2D eigenvalue weighted by Crippen LogP contribution is -2.38. The maximum atomic E-state index is 13.4. The van der Waals surface area contributed by atoms with Crippen molar-refractivity contribution in [1.29, 1.82) is 0 Å². The number of benzene rings is 1. The van der Waals surface area contributed by atoms with E-state index in [4.69, 9.17) is 5.73 Å². The summed E-state index contributed by atoms with van der Waals surface area (Å²) in [7, 11) is -4.01. The number of hydrogen-bond acceptors (Lipinski definition) is 3. The number of halogens is 2. The van der Waals surface area contributed by atoms with Gasteiger partial charge in [-0.05, 0) is 24.5 Å². The lowest BCUT2D eigenvalue weighted by Gasteiger charge is -2.15. The molecule has 7 heteroatoms. The second-order valence-electron chi connectivity index (χ2n) is 4.82. The molecule has 1 rings (SSSR count). The molecule has 108 valence electrons. The van der Waals surface area contributed by atoms with Crippen LogP contribution in [0.3, 0.4) is 0 Å². The van der Waals surface area contributed by atoms with Crippen molar-refractivity contribution in [1.82, 2.24) is 4.72 Å². The van der Waals surface area contributed by atoms with Crippen molar-refractivity contribution in [3.8, 4) is 0 Å². The quantitative estimate of drug-likeness (QED) is 0.837. The summed E-state index contributed by atoms with van der Waals surface area (Å²) in [4.78, 5) is -0.578. The first-order chi connectivity index (χ1) is 8.72. The standard InChI is InChI=1S/C12H18F2N2O2S/c1-8(2)5-10(15)7-16-19(17,18)12-4-3-9(13)6-11(12)14/h3-4,6,8,10,16H,5,7,15H2,1-2H3. The summed E-state index contributed by atoms with van der Waals surface area (Å²) in [6.07, 6.45) is 0.647. The van der Waals surface area contributed by atoms with Crippen LogP contribution in [0.5, 0.6) is 0 Å². The highest BCUT2D eigenvalue weighted by molar-refractivity contribution is 7.89. The van der Waals surface area contributed by atoms with Gasteiger partial charge in [0, 0.05) is 18.7 Å². The van der Waals surface area contributed by atoms with E-state index in [2.05, 4.69) is 4.72 Å². The molecule has 3 N–H and O–H groups in total. The average molecular weight is 292 g/mol. The molecule has 1 aromatic rings. The molecule has 4 nitrogen and oxygen atoms in total. The first-order valence-electron chi connectivity index (χ1n) is 5.92. The van der Waals surface area contributed by atoms with Gasteiger partial charge in [-0.1, -0.05) is 13.8 Å². The van der Waals surface area contributed by atoms with E-state index < -0.39 is 26.6 Å². The number of sulfonamides is 1. The van der Waals surface area contributed by atoms with Crippen LogP contribution in [0.15, 0.2) is 23.1 Å². The third kappa shape index (κ3) is 4.85. The molecule has 0 heterocycles. The molecule has 1 unspecified atom stereocenters. The van der Waals surface area contributed by atoms with E-state index in [-0.39, 0.29) is 12.6 Å². The van der Waals surface area contributed by atoms with Gasteiger partial charge in [0.25, 0.3) is 0 Å². The number of rotatable bonds is 6. The third-order valence-electron chi connectivity index (χ3n) is 2.49. The van der Waals surface area contributed by atoms with Gasteiger partial charge in [0.1, 0.15) is 16.5 Å². The molecule has 1 aromatic carbocycles. The highest BCUT2D eigenvalue weighted by Gasteiger charge is 2.20. The predicted octanol–water partition coefficient (Wildman–Crippen LogP) is 1.62. The third-order valence-corrected chi connectivity index (χ3v) is 3.95. The van der Waals surface area contributed by atoms with Crippen molar-refractivity contribution in [2.24, 2.45) is 11.7 Å². The van der Waals surface area contributed by atoms with E-state index in [9.17, 15) is 17.2 Å². The molecule has 0 spiro atoms. The summed E-state index contributed by atoms with van der Waals surface area (Å²) in [5.41, 5.74) is 5.74. The van der Waals surface area contributed by atoms with E-state index in [0.29, 0.717) is 18.4 Å². The van der Waals surface area contributed by atoms with Crippen LogP contribution in [0, 0.1) is 17.6 Å². The Morgan fingerprint density at radius 3 is 2.47 bits per heavy atom. The van der Waals surface area contributed by atoms with E-state index in [1.807, 2.05) is 13.8 Å². The molecule has 0 radical (unpaired) electrons. The Balaban J connectivity index is 2.76. The van der Waals surface area contributed by atoms with Crippen LogP contribution in [0.25, 0.3) is 0 Å². The Bertz CT molecular complexity index is 533. The molecule has 0 aliphatic carbocycles. The van der Waals surface area contributed by atoms with Crippen molar-refractivity contribution < 1.29 is 17.2 Å². The largest absolute Gasteiger partial charge is 0.327 e. The Labute approximate surface area is 112 Å². The van der Waals surface area contributed by atoms with Crippen LogP contribution in [0.1, 0.15) is 20.3 Å². The molecule has 0 aliphatic rings. The van der Waals surface area contributed by atoms with Crippen LogP contribution in [-0.2, 0) is 10.0 Å². The van der Waals surface area contributed by atoms with Crippen molar-refractivity contribution >= 4 is 10.0 Å². The fourth-order valence-electron chi connectivity index (χ4n) is 1.68. The molecule has 0 saturated carbocycles. The second kappa shape index (κ2) is 6.40. The van der Waals surface area contributed by atoms with Crippen molar-refractivity contribution in [3.05, 3.63) is 29.8 Å². The highest BCUT2D eigenvalue weighted by Crippen LogP contribution is 2.15. The minimum atomic E-state index is -4.01. The Morgan fingerprint density at radius 2 is 1.95 bits per heavy atom. The van der Waals surface area contributed by atoms with E-state index in [0.717, 1.165) is 12.1 Å². The fourth-order valence-corrected chi connectivity index (χ4v) is 2.83. The summed E-state index contributed by atoms with van der Waals surface area (Å²) in [6, 6.07) is 1.97. The topological polar surface area (TPSA) is 72.2 Å². The van der Waals surface area contributed by atoms with Crippen LogP contribution in [0.2, 0.25) is 0 Å². The van der Waals surface area contributed by atoms with E-state index in [1.54, 1.807) is 0 Å². The van der Waals surface area contributed by atoms with Gasteiger partial charge in [0.05, 0.1) is 0 Å². The number of nitrogens with two attached hydrogens (primary N) is 1. The maximum Gasteiger partial charge on any atom is 0.243 e. The fraction of sp³-hybridized carbons (Fsp3) is 0.500. The predicted molar refractivity (Wildman–Crippen MR) is 69.0 cm³/mol. The van der Waals surface area contributed by atoms with Gasteiger partial charge in [0.2, 0.25) is 10.0 Å². The summed E-state index contributed by atoms with van der Waals surface area (Å²) >= 11 is 0. The minimum Gasteiger partial charge on any atom is -0.327 e. The lowest BCUT2D eigenvalue weighted by atomic mass is 10.1. The molecule has 0 fully saturated rings. The number of nitrogens with one attached hydrogen (secondary N) is 1. The molecule has 0 amide bonds. The smallest absolute Gasteiger partial charge is 0.243 e. The molecule has 0 bridgehead atoms. The van der Waals surface area contributed by atoms with Crippen LogP contribution in [0.4, 0.5) is 8.78 Å². The van der Waals surface area contributed by atoms with Gasteiger partial charge in [-0.25, -0.2) is 21.9 Å². The molecule has 19 heavy (non-hydrogen) atoms. The minimum absolute atomic E-state index is 0.0112. The zero-order valence-electron chi connectivity index (χ0n) is 10.9. The van der Waals surface area contributed by atoms with Gasteiger partial charge in [-0.3, -0.25) is 0 Å². The van der Waals surface area contributed by atoms with Gasteiger partial charge in [-0.15, -0.1) is 0 Å². The second-order valence-corrected chi connectivity index (χ2v) is 6.55. The van der Waals surface area contributed by atoms with Crippen molar-refractivity contribution in [2.45, 2.75) is 31.2 Å². The zero-order valence-corrected chi connectivity index (χ0v) is 11.7. The normalized spacial score (nSPS) is 13.8. The first kappa shape index (κ1) is 16.0.